The molecule has 0 radical (unpaired) electrons. The minimum absolute atomic E-state index is 0.0336. The molecule has 2 N–H and O–H groups in total. The number of ether oxygens (including phenoxy) is 1. The van der Waals surface area contributed by atoms with Gasteiger partial charge in [-0.25, -0.2) is 17.5 Å². The van der Waals surface area contributed by atoms with Gasteiger partial charge in [0.05, 0.1) is 17.1 Å². The molecule has 2 rings (SSSR count). The van der Waals surface area contributed by atoms with Crippen molar-refractivity contribution in [2.75, 3.05) is 26.0 Å². The lowest BCUT2D eigenvalue weighted by molar-refractivity contribution is -0.119. The first-order valence-corrected chi connectivity index (χ1v) is 9.37. The summed E-state index contributed by atoms with van der Waals surface area (Å²) in [5.74, 6) is -1.28. The topological polar surface area (TPSA) is 113 Å². The van der Waals surface area contributed by atoms with Gasteiger partial charge < -0.3 is 15.2 Å². The van der Waals surface area contributed by atoms with Crippen LogP contribution in [0.25, 0.3) is 0 Å². The monoisotopic (exact) mass is 392 g/mol. The van der Waals surface area contributed by atoms with Crippen molar-refractivity contribution in [2.45, 2.75) is 11.5 Å². The summed E-state index contributed by atoms with van der Waals surface area (Å²) in [6.07, 6.45) is 0. The molecule has 0 bridgehead atoms. The standard InChI is InChI=1S/C18H20N2O6S/c1-20(2)27(24,25)16-5-3-4-15(10-16)19-17(22)12-26-18(23)14-8-6-13(11-21)7-9-14/h3-10,21H,11-12H2,1-2H3,(H,19,22). The van der Waals surface area contributed by atoms with Crippen molar-refractivity contribution < 1.29 is 27.9 Å². The molecule has 0 unspecified atom stereocenters. The van der Waals surface area contributed by atoms with Gasteiger partial charge in [-0.3, -0.25) is 4.79 Å². The number of nitrogens with zero attached hydrogens (tertiary/aromatic N) is 1. The van der Waals surface area contributed by atoms with Crippen LogP contribution in [0.2, 0.25) is 0 Å². The number of esters is 1. The van der Waals surface area contributed by atoms with Gasteiger partial charge in [-0.15, -0.1) is 0 Å². The van der Waals surface area contributed by atoms with Gasteiger partial charge >= 0.3 is 5.97 Å². The van der Waals surface area contributed by atoms with E-state index >= 15 is 0 Å². The third kappa shape index (κ3) is 5.36. The zero-order valence-corrected chi connectivity index (χ0v) is 15.7. The lowest BCUT2D eigenvalue weighted by Gasteiger charge is -2.12. The van der Waals surface area contributed by atoms with Crippen LogP contribution in [0.3, 0.4) is 0 Å². The molecule has 0 atom stereocenters. The Morgan fingerprint density at radius 1 is 1.11 bits per heavy atom. The van der Waals surface area contributed by atoms with E-state index in [2.05, 4.69) is 5.32 Å². The van der Waals surface area contributed by atoms with Crippen molar-refractivity contribution in [3.63, 3.8) is 0 Å². The summed E-state index contributed by atoms with van der Waals surface area (Å²) in [4.78, 5) is 23.9. The second-order valence-corrected chi connectivity index (χ2v) is 7.95. The van der Waals surface area contributed by atoms with E-state index in [1.807, 2.05) is 0 Å². The van der Waals surface area contributed by atoms with Gasteiger partial charge in [-0.1, -0.05) is 18.2 Å². The number of anilines is 1. The largest absolute Gasteiger partial charge is 0.452 e. The lowest BCUT2D eigenvalue weighted by Crippen LogP contribution is -2.23. The molecular weight excluding hydrogens is 372 g/mol. The van der Waals surface area contributed by atoms with E-state index in [9.17, 15) is 18.0 Å². The van der Waals surface area contributed by atoms with Gasteiger partial charge in [0.1, 0.15) is 0 Å². The molecular formula is C18H20N2O6S. The van der Waals surface area contributed by atoms with Crippen molar-refractivity contribution in [2.24, 2.45) is 0 Å². The van der Waals surface area contributed by atoms with Gasteiger partial charge in [0.2, 0.25) is 10.0 Å². The molecule has 0 aromatic heterocycles. The molecule has 1 amide bonds. The van der Waals surface area contributed by atoms with E-state index in [1.165, 1.54) is 50.5 Å². The molecule has 0 heterocycles. The Labute approximate surface area is 157 Å². The number of amides is 1. The highest BCUT2D eigenvalue weighted by Gasteiger charge is 2.18. The maximum Gasteiger partial charge on any atom is 0.338 e. The van der Waals surface area contributed by atoms with Crippen LogP contribution in [0.15, 0.2) is 53.4 Å². The van der Waals surface area contributed by atoms with Crippen LogP contribution in [0.4, 0.5) is 5.69 Å². The molecule has 0 saturated heterocycles. The number of hydrogen-bond donors (Lipinski definition) is 2. The molecule has 0 fully saturated rings. The lowest BCUT2D eigenvalue weighted by atomic mass is 10.1. The van der Waals surface area contributed by atoms with Crippen molar-refractivity contribution in [3.8, 4) is 0 Å². The quantitative estimate of drug-likeness (QED) is 0.685. The van der Waals surface area contributed by atoms with Crippen molar-refractivity contribution in [3.05, 3.63) is 59.7 Å². The van der Waals surface area contributed by atoms with Crippen LogP contribution in [-0.2, 0) is 26.2 Å². The first-order chi connectivity index (χ1) is 12.7. The first kappa shape index (κ1) is 20.6. The van der Waals surface area contributed by atoms with Crippen LogP contribution < -0.4 is 5.32 Å². The fourth-order valence-corrected chi connectivity index (χ4v) is 3.05. The van der Waals surface area contributed by atoms with E-state index < -0.39 is 28.5 Å². The zero-order chi connectivity index (χ0) is 20.0. The van der Waals surface area contributed by atoms with E-state index in [0.717, 1.165) is 4.31 Å². The number of nitrogens with one attached hydrogen (secondary N) is 1. The fraction of sp³-hybridized carbons (Fsp3) is 0.222. The van der Waals surface area contributed by atoms with E-state index in [0.29, 0.717) is 5.56 Å². The zero-order valence-electron chi connectivity index (χ0n) is 14.9. The Morgan fingerprint density at radius 3 is 2.37 bits per heavy atom. The van der Waals surface area contributed by atoms with Crippen LogP contribution in [0.1, 0.15) is 15.9 Å². The molecule has 144 valence electrons. The summed E-state index contributed by atoms with van der Waals surface area (Å²) in [6, 6.07) is 11.9. The minimum atomic E-state index is -3.62. The number of benzene rings is 2. The molecule has 0 aliphatic rings. The van der Waals surface area contributed by atoms with Crippen molar-refractivity contribution >= 4 is 27.6 Å². The second-order valence-electron chi connectivity index (χ2n) is 5.79. The molecule has 0 aliphatic carbocycles. The third-order valence-corrected chi connectivity index (χ3v) is 5.41. The van der Waals surface area contributed by atoms with Crippen LogP contribution in [0, 0.1) is 0 Å². The predicted molar refractivity (Wildman–Crippen MR) is 98.6 cm³/mol. The summed E-state index contributed by atoms with van der Waals surface area (Å²) < 4.78 is 30.2. The number of hydrogen-bond acceptors (Lipinski definition) is 6. The summed E-state index contributed by atoms with van der Waals surface area (Å²) >= 11 is 0. The summed E-state index contributed by atoms with van der Waals surface area (Å²) in [5.41, 5.74) is 1.17. The molecule has 0 aliphatic heterocycles. The summed E-state index contributed by atoms with van der Waals surface area (Å²) in [5, 5.41) is 11.5. The van der Waals surface area contributed by atoms with Gasteiger partial charge in [0, 0.05) is 19.8 Å². The molecule has 0 saturated carbocycles. The molecule has 0 spiro atoms. The SMILES string of the molecule is CN(C)S(=O)(=O)c1cccc(NC(=O)COC(=O)c2ccc(CO)cc2)c1. The average molecular weight is 392 g/mol. The smallest absolute Gasteiger partial charge is 0.338 e. The van der Waals surface area contributed by atoms with Crippen LogP contribution in [-0.4, -0.2) is 50.4 Å². The Balaban J connectivity index is 1.96. The molecule has 9 heteroatoms. The minimum Gasteiger partial charge on any atom is -0.452 e. The highest BCUT2D eigenvalue weighted by Crippen LogP contribution is 2.18. The Hall–Kier alpha value is -2.75. The third-order valence-electron chi connectivity index (χ3n) is 3.60. The number of aliphatic hydroxyl groups is 1. The van der Waals surface area contributed by atoms with E-state index in [-0.39, 0.29) is 22.8 Å². The molecule has 8 nitrogen and oxygen atoms in total. The van der Waals surface area contributed by atoms with Crippen LogP contribution >= 0.6 is 0 Å². The highest BCUT2D eigenvalue weighted by atomic mass is 32.2. The summed E-state index contributed by atoms with van der Waals surface area (Å²) in [7, 11) is -0.804. The van der Waals surface area contributed by atoms with Crippen LogP contribution in [0.5, 0.6) is 0 Å². The molecule has 2 aromatic rings. The van der Waals surface area contributed by atoms with E-state index in [1.54, 1.807) is 12.1 Å². The fourth-order valence-electron chi connectivity index (χ4n) is 2.10. The van der Waals surface area contributed by atoms with E-state index in [4.69, 9.17) is 9.84 Å². The average Bonchev–Trinajstić information content (AvgIpc) is 2.66. The summed E-state index contributed by atoms with van der Waals surface area (Å²) in [6.45, 7) is -0.661. The number of aliphatic hydroxyl groups excluding tert-OH is 1. The Kier molecular flexibility index (Phi) is 6.67. The highest BCUT2D eigenvalue weighted by molar-refractivity contribution is 7.89. The normalized spacial score (nSPS) is 11.3. The predicted octanol–water partition coefficient (Wildman–Crippen LogP) is 1.22. The van der Waals surface area contributed by atoms with Crippen molar-refractivity contribution in [1.29, 1.82) is 0 Å². The van der Waals surface area contributed by atoms with Gasteiger partial charge in [-0.2, -0.15) is 0 Å². The second kappa shape index (κ2) is 8.76. The van der Waals surface area contributed by atoms with Gasteiger partial charge in [0.15, 0.2) is 6.61 Å². The van der Waals surface area contributed by atoms with Crippen molar-refractivity contribution in [1.82, 2.24) is 4.31 Å². The maximum atomic E-state index is 12.1. The molecule has 27 heavy (non-hydrogen) atoms. The Bertz CT molecular complexity index is 923. The number of sulfonamides is 1. The number of carbonyl (C=O) groups excluding carboxylic acids is 2. The number of rotatable bonds is 7. The van der Waals surface area contributed by atoms with Gasteiger partial charge in [0.25, 0.3) is 5.91 Å². The first-order valence-electron chi connectivity index (χ1n) is 7.93. The molecule has 2 aromatic carbocycles. The maximum absolute atomic E-state index is 12.1. The Morgan fingerprint density at radius 2 is 1.78 bits per heavy atom. The van der Waals surface area contributed by atoms with Gasteiger partial charge in [-0.05, 0) is 35.9 Å². The number of carbonyl (C=O) groups is 2.